The van der Waals surface area contributed by atoms with E-state index in [1.54, 1.807) is 4.52 Å². The van der Waals surface area contributed by atoms with Crippen molar-refractivity contribution in [3.8, 4) is 5.75 Å². The minimum Gasteiger partial charge on any atom is -0.487 e. The maximum atomic E-state index is 6.33. The van der Waals surface area contributed by atoms with Crippen LogP contribution >= 0.6 is 0 Å². The van der Waals surface area contributed by atoms with Gasteiger partial charge in [-0.2, -0.15) is 14.6 Å². The van der Waals surface area contributed by atoms with Gasteiger partial charge in [0.05, 0.1) is 6.04 Å². The Morgan fingerprint density at radius 1 is 1.29 bits per heavy atom. The summed E-state index contributed by atoms with van der Waals surface area (Å²) >= 11 is 0. The summed E-state index contributed by atoms with van der Waals surface area (Å²) in [4.78, 5) is 8.62. The van der Waals surface area contributed by atoms with Crippen LogP contribution in [0.4, 0.5) is 5.82 Å². The molecule has 1 saturated carbocycles. The van der Waals surface area contributed by atoms with Gasteiger partial charge in [0.25, 0.3) is 5.78 Å². The standard InChI is InChI=1S/C18H19N5O/c1-12-9-16(23-17(21-12)19-11-20-23)22-14-10-18(7-4-8-18)24-15-6-3-2-5-13(14)15/h2-3,5-6,9,11,14,22H,4,7-8,10H2,1H3/t14-/m1/s1. The Kier molecular flexibility index (Phi) is 2.83. The van der Waals surface area contributed by atoms with Gasteiger partial charge in [-0.05, 0) is 32.3 Å². The van der Waals surface area contributed by atoms with E-state index in [9.17, 15) is 0 Å². The molecule has 122 valence electrons. The van der Waals surface area contributed by atoms with Crippen LogP contribution in [0.1, 0.15) is 43.0 Å². The molecule has 1 aromatic carbocycles. The smallest absolute Gasteiger partial charge is 0.254 e. The molecular formula is C18H19N5O. The van der Waals surface area contributed by atoms with Crippen molar-refractivity contribution in [3.63, 3.8) is 0 Å². The number of aromatic nitrogens is 4. The van der Waals surface area contributed by atoms with Crippen molar-refractivity contribution >= 4 is 11.6 Å². The van der Waals surface area contributed by atoms with Crippen molar-refractivity contribution in [2.24, 2.45) is 0 Å². The highest BCUT2D eigenvalue weighted by atomic mass is 16.5. The predicted octanol–water partition coefficient (Wildman–Crippen LogP) is 3.29. The number of rotatable bonds is 2. The number of anilines is 1. The summed E-state index contributed by atoms with van der Waals surface area (Å²) in [6.07, 6.45) is 6.03. The molecule has 0 radical (unpaired) electrons. The summed E-state index contributed by atoms with van der Waals surface area (Å²) in [5, 5.41) is 7.97. The van der Waals surface area contributed by atoms with E-state index in [1.807, 2.05) is 19.1 Å². The number of aryl methyl sites for hydroxylation is 1. The first kappa shape index (κ1) is 13.8. The topological polar surface area (TPSA) is 64.3 Å². The zero-order valence-electron chi connectivity index (χ0n) is 13.6. The Bertz CT molecular complexity index is 915. The number of benzene rings is 1. The fraction of sp³-hybridized carbons (Fsp3) is 0.389. The predicted molar refractivity (Wildman–Crippen MR) is 90.2 cm³/mol. The second-order valence-electron chi connectivity index (χ2n) is 6.83. The number of nitrogens with one attached hydrogen (secondary N) is 1. The molecule has 1 aliphatic carbocycles. The van der Waals surface area contributed by atoms with E-state index in [4.69, 9.17) is 4.74 Å². The van der Waals surface area contributed by atoms with E-state index in [0.29, 0.717) is 5.78 Å². The van der Waals surface area contributed by atoms with Gasteiger partial charge in [-0.25, -0.2) is 4.98 Å². The zero-order valence-corrected chi connectivity index (χ0v) is 13.6. The van der Waals surface area contributed by atoms with E-state index < -0.39 is 0 Å². The molecule has 24 heavy (non-hydrogen) atoms. The second kappa shape index (κ2) is 4.93. The van der Waals surface area contributed by atoms with Crippen LogP contribution in [-0.4, -0.2) is 25.2 Å². The molecular weight excluding hydrogens is 302 g/mol. The van der Waals surface area contributed by atoms with Gasteiger partial charge in [0.1, 0.15) is 23.5 Å². The third kappa shape index (κ3) is 2.06. The Morgan fingerprint density at radius 3 is 3.00 bits per heavy atom. The quantitative estimate of drug-likeness (QED) is 0.784. The normalized spacial score (nSPS) is 21.1. The Hall–Kier alpha value is -2.63. The Morgan fingerprint density at radius 2 is 2.17 bits per heavy atom. The summed E-state index contributed by atoms with van der Waals surface area (Å²) < 4.78 is 8.09. The molecule has 1 spiro atoms. The van der Waals surface area contributed by atoms with E-state index in [2.05, 4.69) is 38.6 Å². The highest BCUT2D eigenvalue weighted by Crippen LogP contribution is 2.49. The molecule has 1 aliphatic heterocycles. The Balaban J connectivity index is 1.57. The molecule has 3 heterocycles. The van der Waals surface area contributed by atoms with Crippen molar-refractivity contribution in [3.05, 3.63) is 47.9 Å². The summed E-state index contributed by atoms with van der Waals surface area (Å²) in [7, 11) is 0. The lowest BCUT2D eigenvalue weighted by Crippen LogP contribution is -2.48. The molecule has 5 rings (SSSR count). The van der Waals surface area contributed by atoms with Crippen LogP contribution in [0.2, 0.25) is 0 Å². The lowest BCUT2D eigenvalue weighted by Gasteiger charge is -2.48. The molecule has 2 aliphatic rings. The lowest BCUT2D eigenvalue weighted by atomic mass is 9.73. The van der Waals surface area contributed by atoms with Gasteiger partial charge in [-0.3, -0.25) is 0 Å². The van der Waals surface area contributed by atoms with E-state index in [1.165, 1.54) is 18.3 Å². The van der Waals surface area contributed by atoms with Gasteiger partial charge in [0.15, 0.2) is 0 Å². The van der Waals surface area contributed by atoms with E-state index in [0.717, 1.165) is 36.5 Å². The fourth-order valence-electron chi connectivity index (χ4n) is 3.84. The van der Waals surface area contributed by atoms with Crippen LogP contribution in [0, 0.1) is 6.92 Å². The van der Waals surface area contributed by atoms with E-state index >= 15 is 0 Å². The summed E-state index contributed by atoms with van der Waals surface area (Å²) in [5.74, 6) is 2.55. The molecule has 6 nitrogen and oxygen atoms in total. The summed E-state index contributed by atoms with van der Waals surface area (Å²) in [6, 6.07) is 10.5. The number of hydrogen-bond acceptors (Lipinski definition) is 5. The van der Waals surface area contributed by atoms with Gasteiger partial charge < -0.3 is 10.1 Å². The molecule has 0 amide bonds. The minimum atomic E-state index is -0.00439. The average Bonchev–Trinajstić information content (AvgIpc) is 3.01. The van der Waals surface area contributed by atoms with Gasteiger partial charge >= 0.3 is 0 Å². The molecule has 1 atom stereocenters. The molecule has 0 saturated heterocycles. The third-order valence-electron chi connectivity index (χ3n) is 5.16. The van der Waals surface area contributed by atoms with Crippen LogP contribution in [0.15, 0.2) is 36.7 Å². The highest BCUT2D eigenvalue weighted by molar-refractivity contribution is 5.49. The SMILES string of the molecule is Cc1cc(N[C@@H]2CC3(CCC3)Oc3ccccc32)n2ncnc2n1. The maximum Gasteiger partial charge on any atom is 0.254 e. The molecule has 0 unspecified atom stereocenters. The van der Waals surface area contributed by atoms with Crippen LogP contribution in [0.3, 0.4) is 0 Å². The van der Waals surface area contributed by atoms with Crippen molar-refractivity contribution in [2.75, 3.05) is 5.32 Å². The van der Waals surface area contributed by atoms with Crippen LogP contribution < -0.4 is 10.1 Å². The summed E-state index contributed by atoms with van der Waals surface area (Å²) in [5.41, 5.74) is 2.13. The number of fused-ring (bicyclic) bond motifs is 2. The van der Waals surface area contributed by atoms with Gasteiger partial charge in [-0.1, -0.05) is 18.2 Å². The number of para-hydroxylation sites is 1. The van der Waals surface area contributed by atoms with Crippen LogP contribution in [0.5, 0.6) is 5.75 Å². The first-order valence-corrected chi connectivity index (χ1v) is 8.44. The molecule has 2 aromatic heterocycles. The average molecular weight is 321 g/mol. The van der Waals surface area contributed by atoms with Crippen LogP contribution in [0.25, 0.3) is 5.78 Å². The molecule has 3 aromatic rings. The van der Waals surface area contributed by atoms with E-state index in [-0.39, 0.29) is 11.6 Å². The molecule has 1 fully saturated rings. The van der Waals surface area contributed by atoms with Gasteiger partial charge in [-0.15, -0.1) is 0 Å². The number of nitrogens with zero attached hydrogens (tertiary/aromatic N) is 4. The highest BCUT2D eigenvalue weighted by Gasteiger charge is 2.45. The van der Waals surface area contributed by atoms with Crippen molar-refractivity contribution < 1.29 is 4.74 Å². The monoisotopic (exact) mass is 321 g/mol. The largest absolute Gasteiger partial charge is 0.487 e. The van der Waals surface area contributed by atoms with Crippen LogP contribution in [-0.2, 0) is 0 Å². The van der Waals surface area contributed by atoms with Crippen molar-refractivity contribution in [1.29, 1.82) is 0 Å². The summed E-state index contributed by atoms with van der Waals surface area (Å²) in [6.45, 7) is 1.98. The number of hydrogen-bond donors (Lipinski definition) is 1. The lowest BCUT2D eigenvalue weighted by molar-refractivity contribution is -0.0309. The fourth-order valence-corrected chi connectivity index (χ4v) is 3.84. The minimum absolute atomic E-state index is 0.00439. The van der Waals surface area contributed by atoms with Crippen molar-refractivity contribution in [2.45, 2.75) is 44.2 Å². The van der Waals surface area contributed by atoms with Crippen molar-refractivity contribution in [1.82, 2.24) is 19.6 Å². The molecule has 1 N–H and O–H groups in total. The van der Waals surface area contributed by atoms with Gasteiger partial charge in [0, 0.05) is 23.7 Å². The molecule has 6 heteroatoms. The zero-order chi connectivity index (χ0) is 16.1. The maximum absolute atomic E-state index is 6.33. The first-order valence-electron chi connectivity index (χ1n) is 8.44. The first-order chi connectivity index (χ1) is 11.7. The Labute approximate surface area is 139 Å². The molecule has 0 bridgehead atoms. The number of ether oxygens (including phenoxy) is 1. The third-order valence-corrected chi connectivity index (χ3v) is 5.16. The van der Waals surface area contributed by atoms with Gasteiger partial charge in [0.2, 0.25) is 0 Å². The second-order valence-corrected chi connectivity index (χ2v) is 6.83.